The maximum Gasteiger partial charge on any atom is 0.194 e. The number of aromatic nitrogens is 3. The molecule has 0 atom stereocenters. The standard InChI is InChI=1S/C13H13ClN4S/c1-8-7-19-13-17-9(2)11(18(8)13)6-15-10-3-4-12(14)16-5-10/h3-5,7,15H,6H2,1-2H3. The Morgan fingerprint density at radius 1 is 1.37 bits per heavy atom. The lowest BCUT2D eigenvalue weighted by Crippen LogP contribution is -2.04. The summed E-state index contributed by atoms with van der Waals surface area (Å²) in [4.78, 5) is 9.66. The van der Waals surface area contributed by atoms with Crippen molar-refractivity contribution in [2.75, 3.05) is 5.32 Å². The quantitative estimate of drug-likeness (QED) is 0.749. The number of imidazole rings is 1. The number of hydrogen-bond acceptors (Lipinski definition) is 4. The fourth-order valence-electron chi connectivity index (χ4n) is 2.04. The van der Waals surface area contributed by atoms with Gasteiger partial charge in [0.25, 0.3) is 0 Å². The largest absolute Gasteiger partial charge is 0.378 e. The molecule has 0 saturated heterocycles. The second kappa shape index (κ2) is 4.83. The number of thiazole rings is 1. The van der Waals surface area contributed by atoms with Crippen molar-refractivity contribution in [3.8, 4) is 0 Å². The van der Waals surface area contributed by atoms with Crippen LogP contribution in [-0.4, -0.2) is 14.4 Å². The number of anilines is 1. The number of rotatable bonds is 3. The Balaban J connectivity index is 1.87. The third kappa shape index (κ3) is 2.31. The SMILES string of the molecule is Cc1nc2scc(C)n2c1CNc1ccc(Cl)nc1. The fraction of sp³-hybridized carbons (Fsp3) is 0.231. The summed E-state index contributed by atoms with van der Waals surface area (Å²) < 4.78 is 2.19. The van der Waals surface area contributed by atoms with Crippen LogP contribution < -0.4 is 5.32 Å². The van der Waals surface area contributed by atoms with E-state index in [1.807, 2.05) is 13.0 Å². The Kier molecular flexibility index (Phi) is 3.16. The maximum absolute atomic E-state index is 5.77. The summed E-state index contributed by atoms with van der Waals surface area (Å²) in [7, 11) is 0. The van der Waals surface area contributed by atoms with E-state index in [2.05, 4.69) is 32.0 Å². The Hall–Kier alpha value is -1.59. The lowest BCUT2D eigenvalue weighted by atomic mass is 10.3. The van der Waals surface area contributed by atoms with Crippen molar-refractivity contribution in [1.82, 2.24) is 14.4 Å². The highest BCUT2D eigenvalue weighted by Gasteiger charge is 2.11. The van der Waals surface area contributed by atoms with Gasteiger partial charge >= 0.3 is 0 Å². The molecule has 1 N–H and O–H groups in total. The molecule has 19 heavy (non-hydrogen) atoms. The zero-order valence-electron chi connectivity index (χ0n) is 10.6. The van der Waals surface area contributed by atoms with E-state index in [1.165, 1.54) is 11.4 Å². The molecule has 0 fully saturated rings. The Bertz CT molecular complexity index is 714. The van der Waals surface area contributed by atoms with E-state index in [1.54, 1.807) is 23.6 Å². The topological polar surface area (TPSA) is 42.2 Å². The predicted octanol–water partition coefficient (Wildman–Crippen LogP) is 3.67. The molecule has 0 aliphatic rings. The monoisotopic (exact) mass is 292 g/mol. The highest BCUT2D eigenvalue weighted by atomic mass is 35.5. The Labute approximate surface area is 120 Å². The van der Waals surface area contributed by atoms with E-state index in [-0.39, 0.29) is 0 Å². The zero-order chi connectivity index (χ0) is 13.4. The van der Waals surface area contributed by atoms with Crippen molar-refractivity contribution in [1.29, 1.82) is 0 Å². The summed E-state index contributed by atoms with van der Waals surface area (Å²) in [6, 6.07) is 3.70. The highest BCUT2D eigenvalue weighted by Crippen LogP contribution is 2.21. The van der Waals surface area contributed by atoms with Gasteiger partial charge in [-0.2, -0.15) is 0 Å². The Morgan fingerprint density at radius 3 is 2.95 bits per heavy atom. The number of fused-ring (bicyclic) bond motifs is 1. The first-order valence-electron chi connectivity index (χ1n) is 5.92. The number of nitrogens with zero attached hydrogens (tertiary/aromatic N) is 3. The molecule has 0 aromatic carbocycles. The number of halogens is 1. The minimum atomic E-state index is 0.502. The average molecular weight is 293 g/mol. The lowest BCUT2D eigenvalue weighted by molar-refractivity contribution is 0.965. The van der Waals surface area contributed by atoms with E-state index in [0.717, 1.165) is 16.3 Å². The smallest absolute Gasteiger partial charge is 0.194 e. The van der Waals surface area contributed by atoms with Crippen LogP contribution in [0.3, 0.4) is 0 Å². The maximum atomic E-state index is 5.77. The van der Waals surface area contributed by atoms with Crippen molar-refractivity contribution in [2.24, 2.45) is 0 Å². The molecule has 3 heterocycles. The van der Waals surface area contributed by atoms with Crippen molar-refractivity contribution >= 4 is 33.6 Å². The molecule has 98 valence electrons. The van der Waals surface area contributed by atoms with Crippen LogP contribution in [0.5, 0.6) is 0 Å². The molecule has 0 aliphatic heterocycles. The van der Waals surface area contributed by atoms with Gasteiger partial charge in [-0.3, -0.25) is 4.40 Å². The first kappa shape index (κ1) is 12.4. The van der Waals surface area contributed by atoms with E-state index >= 15 is 0 Å². The molecule has 0 bridgehead atoms. The molecule has 0 spiro atoms. The van der Waals surface area contributed by atoms with Crippen LogP contribution in [0.4, 0.5) is 5.69 Å². The number of hydrogen-bond donors (Lipinski definition) is 1. The first-order valence-corrected chi connectivity index (χ1v) is 7.18. The van der Waals surface area contributed by atoms with Gasteiger partial charge in [0.05, 0.1) is 29.8 Å². The van der Waals surface area contributed by atoms with Crippen molar-refractivity contribution < 1.29 is 0 Å². The number of pyridine rings is 1. The second-order valence-corrected chi connectivity index (χ2v) is 5.59. The molecule has 0 unspecified atom stereocenters. The van der Waals surface area contributed by atoms with Crippen LogP contribution in [0.1, 0.15) is 17.1 Å². The van der Waals surface area contributed by atoms with Crippen molar-refractivity contribution in [3.05, 3.63) is 45.9 Å². The fourth-order valence-corrected chi connectivity index (χ4v) is 3.08. The summed E-state index contributed by atoms with van der Waals surface area (Å²) >= 11 is 7.44. The van der Waals surface area contributed by atoms with Gasteiger partial charge in [0, 0.05) is 11.1 Å². The molecule has 6 heteroatoms. The van der Waals surface area contributed by atoms with Crippen LogP contribution in [0, 0.1) is 13.8 Å². The minimum absolute atomic E-state index is 0.502. The third-order valence-electron chi connectivity index (χ3n) is 3.02. The summed E-state index contributed by atoms with van der Waals surface area (Å²) in [6.45, 7) is 4.85. The summed E-state index contributed by atoms with van der Waals surface area (Å²) in [5.74, 6) is 0. The van der Waals surface area contributed by atoms with Gasteiger partial charge in [-0.25, -0.2) is 9.97 Å². The summed E-state index contributed by atoms with van der Waals surface area (Å²) in [5.41, 5.74) is 4.41. The molecule has 0 amide bonds. The Morgan fingerprint density at radius 2 is 2.21 bits per heavy atom. The van der Waals surface area contributed by atoms with E-state index in [0.29, 0.717) is 11.7 Å². The van der Waals surface area contributed by atoms with Gasteiger partial charge in [-0.1, -0.05) is 11.6 Å². The molecule has 3 rings (SSSR count). The zero-order valence-corrected chi connectivity index (χ0v) is 12.2. The molecular formula is C13H13ClN4S. The number of aryl methyl sites for hydroxylation is 2. The third-order valence-corrected chi connectivity index (χ3v) is 4.18. The van der Waals surface area contributed by atoms with Gasteiger partial charge in [0.2, 0.25) is 0 Å². The van der Waals surface area contributed by atoms with Crippen LogP contribution in [0.25, 0.3) is 4.96 Å². The molecule has 0 aliphatic carbocycles. The first-order chi connectivity index (χ1) is 9.15. The molecule has 3 aromatic rings. The normalized spacial score (nSPS) is 11.1. The van der Waals surface area contributed by atoms with E-state index < -0.39 is 0 Å². The van der Waals surface area contributed by atoms with E-state index in [9.17, 15) is 0 Å². The predicted molar refractivity (Wildman–Crippen MR) is 79.1 cm³/mol. The van der Waals surface area contributed by atoms with Gasteiger partial charge < -0.3 is 5.32 Å². The van der Waals surface area contributed by atoms with Gasteiger partial charge in [0.1, 0.15) is 5.15 Å². The lowest BCUT2D eigenvalue weighted by Gasteiger charge is -2.07. The van der Waals surface area contributed by atoms with Crippen LogP contribution >= 0.6 is 22.9 Å². The highest BCUT2D eigenvalue weighted by molar-refractivity contribution is 7.15. The molecular weight excluding hydrogens is 280 g/mol. The van der Waals surface area contributed by atoms with Gasteiger partial charge in [-0.05, 0) is 26.0 Å². The molecule has 3 aromatic heterocycles. The van der Waals surface area contributed by atoms with Crippen LogP contribution in [-0.2, 0) is 6.54 Å². The van der Waals surface area contributed by atoms with Gasteiger partial charge in [0.15, 0.2) is 4.96 Å². The molecule has 4 nitrogen and oxygen atoms in total. The van der Waals surface area contributed by atoms with Gasteiger partial charge in [-0.15, -0.1) is 11.3 Å². The van der Waals surface area contributed by atoms with Crippen molar-refractivity contribution in [2.45, 2.75) is 20.4 Å². The van der Waals surface area contributed by atoms with Crippen LogP contribution in [0.2, 0.25) is 5.15 Å². The molecule has 0 radical (unpaired) electrons. The number of nitrogens with one attached hydrogen (secondary N) is 1. The van der Waals surface area contributed by atoms with Crippen LogP contribution in [0.15, 0.2) is 23.7 Å². The summed E-state index contributed by atoms with van der Waals surface area (Å²) in [6.07, 6.45) is 1.73. The summed E-state index contributed by atoms with van der Waals surface area (Å²) in [5, 5.41) is 5.97. The molecule has 0 saturated carbocycles. The van der Waals surface area contributed by atoms with E-state index in [4.69, 9.17) is 11.6 Å². The average Bonchev–Trinajstić information content (AvgIpc) is 2.89. The second-order valence-electron chi connectivity index (χ2n) is 4.36. The van der Waals surface area contributed by atoms with Crippen molar-refractivity contribution in [3.63, 3.8) is 0 Å². The minimum Gasteiger partial charge on any atom is -0.378 e.